The summed E-state index contributed by atoms with van der Waals surface area (Å²) < 4.78 is 35.4. The largest absolute Gasteiger partial charge is 0.421 e. The van der Waals surface area contributed by atoms with Gasteiger partial charge in [-0.05, 0) is 38.3 Å². The van der Waals surface area contributed by atoms with Gasteiger partial charge in [-0.25, -0.2) is 8.78 Å². The van der Waals surface area contributed by atoms with Gasteiger partial charge < -0.3 is 20.1 Å². The van der Waals surface area contributed by atoms with E-state index in [1.807, 2.05) is 37.0 Å². The molecule has 1 unspecified atom stereocenters. The number of amidine groups is 1. The van der Waals surface area contributed by atoms with Crippen LogP contribution in [0.3, 0.4) is 0 Å². The van der Waals surface area contributed by atoms with Crippen molar-refractivity contribution in [1.82, 2.24) is 9.97 Å². The molecule has 0 saturated carbocycles. The highest BCUT2D eigenvalue weighted by Gasteiger charge is 2.26. The van der Waals surface area contributed by atoms with Crippen LogP contribution in [0, 0.1) is 11.6 Å². The van der Waals surface area contributed by atoms with Crippen LogP contribution in [0.2, 0.25) is 0 Å². The van der Waals surface area contributed by atoms with E-state index >= 15 is 4.39 Å². The minimum atomic E-state index is -0.646. The molecular formula is C25H25F2N5O2. The van der Waals surface area contributed by atoms with Crippen LogP contribution in [0.1, 0.15) is 31.4 Å². The molecule has 0 spiro atoms. The van der Waals surface area contributed by atoms with Gasteiger partial charge in [0.2, 0.25) is 0 Å². The summed E-state index contributed by atoms with van der Waals surface area (Å²) in [5.41, 5.74) is 2.46. The molecule has 2 aliphatic heterocycles. The third-order valence-corrected chi connectivity index (χ3v) is 5.94. The van der Waals surface area contributed by atoms with Crippen molar-refractivity contribution in [3.63, 3.8) is 0 Å². The summed E-state index contributed by atoms with van der Waals surface area (Å²) in [5.74, 6) is 0.0841. The first-order valence-corrected chi connectivity index (χ1v) is 11.2. The highest BCUT2D eigenvalue weighted by Crippen LogP contribution is 2.36. The molecule has 1 fully saturated rings. The lowest BCUT2D eigenvalue weighted by Gasteiger charge is -2.18. The van der Waals surface area contributed by atoms with Crippen LogP contribution in [-0.4, -0.2) is 46.6 Å². The van der Waals surface area contributed by atoms with Crippen molar-refractivity contribution in [3.8, 4) is 11.8 Å². The maximum atomic E-state index is 15.1. The number of aliphatic hydroxyl groups excluding tert-OH is 1. The van der Waals surface area contributed by atoms with Crippen LogP contribution < -0.4 is 15.0 Å². The molecule has 5 rings (SSSR count). The second-order valence-electron chi connectivity index (χ2n) is 8.66. The van der Waals surface area contributed by atoms with E-state index in [2.05, 4.69) is 20.3 Å². The van der Waals surface area contributed by atoms with E-state index in [-0.39, 0.29) is 17.3 Å². The fraction of sp³-hybridized carbons (Fsp3) is 0.320. The van der Waals surface area contributed by atoms with Gasteiger partial charge in [-0.1, -0.05) is 23.8 Å². The van der Waals surface area contributed by atoms with E-state index in [4.69, 9.17) is 4.74 Å². The van der Waals surface area contributed by atoms with E-state index in [0.717, 1.165) is 17.2 Å². The minimum Gasteiger partial charge on any atom is -0.421 e. The Morgan fingerprint density at radius 3 is 2.85 bits per heavy atom. The molecule has 3 heterocycles. The Morgan fingerprint density at radius 1 is 1.24 bits per heavy atom. The molecular weight excluding hydrogens is 440 g/mol. The molecule has 3 aliphatic rings. The van der Waals surface area contributed by atoms with Crippen molar-refractivity contribution in [2.75, 3.05) is 29.9 Å². The van der Waals surface area contributed by atoms with E-state index in [1.54, 1.807) is 12.1 Å². The summed E-state index contributed by atoms with van der Waals surface area (Å²) in [6.07, 6.45) is 7.99. The average Bonchev–Trinajstić information content (AvgIpc) is 3.52. The van der Waals surface area contributed by atoms with Crippen LogP contribution in [0.15, 0.2) is 46.5 Å². The zero-order chi connectivity index (χ0) is 23.8. The molecule has 9 heteroatoms. The van der Waals surface area contributed by atoms with E-state index < -0.39 is 17.7 Å². The number of aromatic nitrogens is 2. The molecule has 1 aliphatic carbocycles. The molecule has 1 aromatic carbocycles. The Hall–Kier alpha value is -3.59. The second kappa shape index (κ2) is 8.98. The summed E-state index contributed by atoms with van der Waals surface area (Å²) in [7, 11) is 0. The van der Waals surface area contributed by atoms with Crippen LogP contribution in [0.5, 0.6) is 11.8 Å². The molecule has 0 bridgehead atoms. The number of β-amino-alcohol motifs (C(OH)–C–C–N with tert-alkyl or cyclic N) is 1. The SMILES string of the molecule is C/C=C/C1=CC(Nc2cc(N3CCC(O)C3)nc(Oc3cc(F)c4c(c3F)C=C(C)C4)n2)=NC1. The van der Waals surface area contributed by atoms with Crippen molar-refractivity contribution >= 4 is 23.5 Å². The number of hydrogen-bond acceptors (Lipinski definition) is 7. The van der Waals surface area contributed by atoms with E-state index in [0.29, 0.717) is 55.5 Å². The Morgan fingerprint density at radius 2 is 2.09 bits per heavy atom. The summed E-state index contributed by atoms with van der Waals surface area (Å²) in [5, 5.41) is 13.1. The molecule has 2 N–H and O–H groups in total. The topological polar surface area (TPSA) is 82.9 Å². The third-order valence-electron chi connectivity index (χ3n) is 5.94. The van der Waals surface area contributed by atoms with Crippen LogP contribution in [0.25, 0.3) is 6.08 Å². The highest BCUT2D eigenvalue weighted by molar-refractivity contribution is 6.05. The predicted octanol–water partition coefficient (Wildman–Crippen LogP) is 4.40. The fourth-order valence-corrected chi connectivity index (χ4v) is 4.34. The van der Waals surface area contributed by atoms with Crippen molar-refractivity contribution in [1.29, 1.82) is 0 Å². The molecule has 1 aromatic heterocycles. The number of allylic oxidation sites excluding steroid dienone is 2. The Kier molecular flexibility index (Phi) is 5.87. The van der Waals surface area contributed by atoms with Crippen LogP contribution >= 0.6 is 0 Å². The number of aliphatic imine (C=N–C) groups is 1. The van der Waals surface area contributed by atoms with Gasteiger partial charge in [-0.15, -0.1) is 0 Å². The van der Waals surface area contributed by atoms with Gasteiger partial charge in [0.25, 0.3) is 0 Å². The number of halogens is 2. The van der Waals surface area contributed by atoms with Crippen molar-refractivity contribution < 1.29 is 18.6 Å². The number of nitrogens with zero attached hydrogens (tertiary/aromatic N) is 4. The van der Waals surface area contributed by atoms with Crippen molar-refractivity contribution in [2.45, 2.75) is 32.8 Å². The van der Waals surface area contributed by atoms with E-state index in [9.17, 15) is 9.50 Å². The van der Waals surface area contributed by atoms with Crippen molar-refractivity contribution in [3.05, 3.63) is 64.3 Å². The molecule has 1 saturated heterocycles. The van der Waals surface area contributed by atoms with E-state index in [1.165, 1.54) is 0 Å². The Bertz CT molecular complexity index is 1270. The number of rotatable bonds is 5. The Balaban J connectivity index is 1.48. The molecule has 2 aromatic rings. The molecule has 1 atom stereocenters. The first-order valence-electron chi connectivity index (χ1n) is 11.2. The summed E-state index contributed by atoms with van der Waals surface area (Å²) in [4.78, 5) is 15.1. The number of ether oxygens (including phenoxy) is 1. The lowest BCUT2D eigenvalue weighted by Crippen LogP contribution is -2.23. The summed E-state index contributed by atoms with van der Waals surface area (Å²) in [6.45, 7) is 5.34. The smallest absolute Gasteiger partial charge is 0.326 e. The molecule has 0 amide bonds. The molecule has 176 valence electrons. The van der Waals surface area contributed by atoms with Gasteiger partial charge in [0.05, 0.1) is 12.6 Å². The van der Waals surface area contributed by atoms with Gasteiger partial charge in [-0.3, -0.25) is 4.99 Å². The van der Waals surface area contributed by atoms with Crippen LogP contribution in [-0.2, 0) is 6.42 Å². The first-order chi connectivity index (χ1) is 16.4. The number of anilines is 2. The summed E-state index contributed by atoms with van der Waals surface area (Å²) in [6, 6.07) is 2.63. The highest BCUT2D eigenvalue weighted by atomic mass is 19.1. The zero-order valence-corrected chi connectivity index (χ0v) is 19.0. The maximum absolute atomic E-state index is 15.1. The average molecular weight is 466 g/mol. The first kappa shape index (κ1) is 22.2. The van der Waals surface area contributed by atoms with Gasteiger partial charge in [0, 0.05) is 36.3 Å². The van der Waals surface area contributed by atoms with Gasteiger partial charge in [0.15, 0.2) is 11.6 Å². The normalized spacial score (nSPS) is 19.4. The number of fused-ring (bicyclic) bond motifs is 1. The predicted molar refractivity (Wildman–Crippen MR) is 127 cm³/mol. The second-order valence-corrected chi connectivity index (χ2v) is 8.66. The monoisotopic (exact) mass is 465 g/mol. The lowest BCUT2D eigenvalue weighted by atomic mass is 10.1. The molecule has 34 heavy (non-hydrogen) atoms. The lowest BCUT2D eigenvalue weighted by molar-refractivity contribution is 0.198. The van der Waals surface area contributed by atoms with Gasteiger partial charge in [0.1, 0.15) is 23.3 Å². The van der Waals surface area contributed by atoms with Gasteiger partial charge in [-0.2, -0.15) is 9.97 Å². The fourth-order valence-electron chi connectivity index (χ4n) is 4.34. The Labute approximate surface area is 196 Å². The number of aliphatic hydroxyl groups is 1. The maximum Gasteiger partial charge on any atom is 0.326 e. The zero-order valence-electron chi connectivity index (χ0n) is 19.0. The standard InChI is InChI=1S/C25H25F2N5O2/c1-3-4-15-9-21(28-12-15)29-22-11-23(32-6-5-16(33)13-32)31-25(30-22)34-20-10-19(26)17-7-14(2)8-18(17)24(20)27/h3-4,8-11,16,33H,5-7,12-13H2,1-2H3,(H,28,29,30,31)/b4-3+. The quantitative estimate of drug-likeness (QED) is 0.681. The summed E-state index contributed by atoms with van der Waals surface area (Å²) >= 11 is 0. The van der Waals surface area contributed by atoms with Crippen molar-refractivity contribution in [2.24, 2.45) is 4.99 Å². The minimum absolute atomic E-state index is 0.130. The van der Waals surface area contributed by atoms with Crippen LogP contribution in [0.4, 0.5) is 20.4 Å². The molecule has 7 nitrogen and oxygen atoms in total. The number of benzene rings is 1. The van der Waals surface area contributed by atoms with Gasteiger partial charge >= 0.3 is 6.01 Å². The number of hydrogen-bond donors (Lipinski definition) is 2. The third kappa shape index (κ3) is 4.43. The number of nitrogens with one attached hydrogen (secondary N) is 1. The molecule has 0 radical (unpaired) electrons.